The van der Waals surface area contributed by atoms with Gasteiger partial charge in [-0.1, -0.05) is 6.92 Å². The topological polar surface area (TPSA) is 100 Å². The molecule has 10 nitrogen and oxygen atoms in total. The second-order valence-corrected chi connectivity index (χ2v) is 9.33. The summed E-state index contributed by atoms with van der Waals surface area (Å²) in [5.74, 6) is 1.02. The van der Waals surface area contributed by atoms with Gasteiger partial charge in [-0.05, 0) is 56.0 Å². The minimum atomic E-state index is -0.622. The van der Waals surface area contributed by atoms with Crippen molar-refractivity contribution in [2.45, 2.75) is 45.5 Å². The molecule has 1 aliphatic rings. The summed E-state index contributed by atoms with van der Waals surface area (Å²) < 4.78 is 50.3. The average Bonchev–Trinajstić information content (AvgIpc) is 3.29. The van der Waals surface area contributed by atoms with E-state index in [4.69, 9.17) is 42.6 Å². The lowest BCUT2D eigenvalue weighted by molar-refractivity contribution is -0.144. The van der Waals surface area contributed by atoms with Crippen LogP contribution in [-0.2, 0) is 36.5 Å². The highest BCUT2D eigenvalue weighted by Crippen LogP contribution is 2.38. The Bertz CT molecular complexity index is 1100. The van der Waals surface area contributed by atoms with Crippen LogP contribution in [0.5, 0.6) is 23.0 Å². The molecule has 3 rings (SSSR count). The van der Waals surface area contributed by atoms with Gasteiger partial charge in [0.25, 0.3) is 0 Å². The Morgan fingerprint density at radius 1 is 0.923 bits per heavy atom. The summed E-state index contributed by atoms with van der Waals surface area (Å²) in [4.78, 5) is 14.1. The Kier molecular flexibility index (Phi) is 11.4. The summed E-state index contributed by atoms with van der Waals surface area (Å²) in [5, 5.41) is 0. The summed E-state index contributed by atoms with van der Waals surface area (Å²) >= 11 is 0. The molecule has 10 heteroatoms. The SMILES string of the molecule is CCc1c(OCOC)cc(OCOC)c(C(=O)c2ccc(OC)c(OC)c2)c1CCOCC1COC(C)(C)O1. The van der Waals surface area contributed by atoms with E-state index in [1.807, 2.05) is 20.8 Å². The zero-order valence-corrected chi connectivity index (χ0v) is 23.9. The van der Waals surface area contributed by atoms with Gasteiger partial charge >= 0.3 is 0 Å². The Hall–Kier alpha value is -2.89. The van der Waals surface area contributed by atoms with Crippen molar-refractivity contribution in [3.8, 4) is 23.0 Å². The van der Waals surface area contributed by atoms with Crippen molar-refractivity contribution in [1.82, 2.24) is 0 Å². The quantitative estimate of drug-likeness (QED) is 0.173. The maximum Gasteiger partial charge on any atom is 0.197 e. The first-order valence-corrected chi connectivity index (χ1v) is 12.9. The highest BCUT2D eigenvalue weighted by Gasteiger charge is 2.33. The maximum absolute atomic E-state index is 14.1. The van der Waals surface area contributed by atoms with Crippen molar-refractivity contribution in [2.75, 3.05) is 61.8 Å². The first-order chi connectivity index (χ1) is 18.8. The number of benzene rings is 2. The van der Waals surface area contributed by atoms with Crippen LogP contribution in [0.1, 0.15) is 47.8 Å². The molecule has 0 aromatic heterocycles. The van der Waals surface area contributed by atoms with Crippen molar-refractivity contribution < 1.29 is 47.4 Å². The van der Waals surface area contributed by atoms with E-state index in [1.165, 1.54) is 14.2 Å². The highest BCUT2D eigenvalue weighted by molar-refractivity contribution is 6.12. The van der Waals surface area contributed by atoms with Crippen LogP contribution in [0, 0.1) is 0 Å². The van der Waals surface area contributed by atoms with Crippen molar-refractivity contribution in [1.29, 1.82) is 0 Å². The fourth-order valence-corrected chi connectivity index (χ4v) is 4.48. The molecule has 1 saturated heterocycles. The zero-order valence-electron chi connectivity index (χ0n) is 23.9. The smallest absolute Gasteiger partial charge is 0.197 e. The average molecular weight is 549 g/mol. The predicted octanol–water partition coefficient (Wildman–Crippen LogP) is 4.17. The Balaban J connectivity index is 2.01. The summed E-state index contributed by atoms with van der Waals surface area (Å²) in [6.07, 6.45) is 0.886. The standard InChI is InChI=1S/C29H40O10/c1-8-21-22(11-12-35-15-20-16-38-29(2,3)39-20)27(26(37-18-32-5)14-24(21)36-17-31-4)28(30)19-9-10-23(33-6)25(13-19)34-7/h9-10,13-14,20H,8,11-12,15-18H2,1-7H3. The molecule has 2 aromatic rings. The van der Waals surface area contributed by atoms with Gasteiger partial charge in [0.15, 0.2) is 36.7 Å². The van der Waals surface area contributed by atoms with E-state index in [9.17, 15) is 4.79 Å². The van der Waals surface area contributed by atoms with Crippen LogP contribution >= 0.6 is 0 Å². The molecule has 39 heavy (non-hydrogen) atoms. The van der Waals surface area contributed by atoms with Crippen molar-refractivity contribution in [2.24, 2.45) is 0 Å². The van der Waals surface area contributed by atoms with Crippen LogP contribution in [0.15, 0.2) is 24.3 Å². The van der Waals surface area contributed by atoms with Gasteiger partial charge < -0.3 is 42.6 Å². The third-order valence-corrected chi connectivity index (χ3v) is 6.23. The molecule has 0 N–H and O–H groups in total. The summed E-state index contributed by atoms with van der Waals surface area (Å²) in [7, 11) is 6.14. The molecular formula is C29H40O10. The molecule has 2 aromatic carbocycles. The minimum absolute atomic E-state index is 0.0461. The third-order valence-electron chi connectivity index (χ3n) is 6.23. The van der Waals surface area contributed by atoms with Crippen LogP contribution in [0.25, 0.3) is 0 Å². The number of carbonyl (C=O) groups excluding carboxylic acids is 1. The van der Waals surface area contributed by atoms with Gasteiger partial charge in [0.05, 0.1) is 39.6 Å². The molecule has 1 heterocycles. The molecule has 0 aliphatic carbocycles. The molecular weight excluding hydrogens is 508 g/mol. The van der Waals surface area contributed by atoms with Crippen LogP contribution in [0.4, 0.5) is 0 Å². The summed E-state index contributed by atoms with van der Waals surface area (Å²) in [5.41, 5.74) is 2.46. The predicted molar refractivity (Wildman–Crippen MR) is 143 cm³/mol. The number of methoxy groups -OCH3 is 4. The lowest BCUT2D eigenvalue weighted by Gasteiger charge is -2.22. The van der Waals surface area contributed by atoms with Crippen molar-refractivity contribution in [3.05, 3.63) is 46.5 Å². The Morgan fingerprint density at radius 2 is 1.62 bits per heavy atom. The van der Waals surface area contributed by atoms with Crippen LogP contribution in [-0.4, -0.2) is 79.5 Å². The third kappa shape index (κ3) is 7.83. The molecule has 1 unspecified atom stereocenters. The van der Waals surface area contributed by atoms with Gasteiger partial charge in [-0.25, -0.2) is 0 Å². The molecule has 0 bridgehead atoms. The molecule has 1 aliphatic heterocycles. The summed E-state index contributed by atoms with van der Waals surface area (Å²) in [6, 6.07) is 6.76. The fraction of sp³-hybridized carbons (Fsp3) is 0.552. The maximum atomic E-state index is 14.1. The number of carbonyl (C=O) groups is 1. The number of hydrogen-bond acceptors (Lipinski definition) is 10. The van der Waals surface area contributed by atoms with Gasteiger partial charge in [-0.2, -0.15) is 0 Å². The van der Waals surface area contributed by atoms with Crippen LogP contribution in [0.2, 0.25) is 0 Å². The van der Waals surface area contributed by atoms with Crippen LogP contribution < -0.4 is 18.9 Å². The second-order valence-electron chi connectivity index (χ2n) is 9.33. The minimum Gasteiger partial charge on any atom is -0.493 e. The molecule has 0 saturated carbocycles. The van der Waals surface area contributed by atoms with E-state index in [-0.39, 0.29) is 25.5 Å². The number of rotatable bonds is 16. The number of ether oxygens (including phenoxy) is 9. The number of ketones is 1. The summed E-state index contributed by atoms with van der Waals surface area (Å²) in [6.45, 7) is 6.93. The van der Waals surface area contributed by atoms with Crippen molar-refractivity contribution >= 4 is 5.78 Å². The van der Waals surface area contributed by atoms with Crippen molar-refractivity contribution in [3.63, 3.8) is 0 Å². The van der Waals surface area contributed by atoms with Crippen LogP contribution in [0.3, 0.4) is 0 Å². The van der Waals surface area contributed by atoms with Gasteiger partial charge in [0, 0.05) is 25.8 Å². The van der Waals surface area contributed by atoms with Gasteiger partial charge in [-0.15, -0.1) is 0 Å². The highest BCUT2D eigenvalue weighted by atomic mass is 16.7. The molecule has 1 fully saturated rings. The van der Waals surface area contributed by atoms with Gasteiger partial charge in [0.1, 0.15) is 17.6 Å². The molecule has 0 radical (unpaired) electrons. The molecule has 1 atom stereocenters. The monoisotopic (exact) mass is 548 g/mol. The number of hydrogen-bond donors (Lipinski definition) is 0. The molecule has 216 valence electrons. The normalized spacial score (nSPS) is 16.2. The van der Waals surface area contributed by atoms with E-state index >= 15 is 0 Å². The van der Waals surface area contributed by atoms with Gasteiger partial charge in [0.2, 0.25) is 0 Å². The second kappa shape index (κ2) is 14.5. The van der Waals surface area contributed by atoms with Gasteiger partial charge in [-0.3, -0.25) is 4.79 Å². The van der Waals surface area contributed by atoms with E-state index < -0.39 is 5.79 Å². The lowest BCUT2D eigenvalue weighted by Crippen LogP contribution is -2.24. The Labute approximate surface area is 230 Å². The molecule has 0 amide bonds. The first-order valence-electron chi connectivity index (χ1n) is 12.9. The molecule has 0 spiro atoms. The Morgan fingerprint density at radius 3 is 2.21 bits per heavy atom. The fourth-order valence-electron chi connectivity index (χ4n) is 4.48. The van der Waals surface area contributed by atoms with E-state index in [2.05, 4.69) is 0 Å². The van der Waals surface area contributed by atoms with E-state index in [0.717, 1.165) is 11.1 Å². The zero-order chi connectivity index (χ0) is 28.4. The first kappa shape index (κ1) is 30.6. The van der Waals surface area contributed by atoms with E-state index in [1.54, 1.807) is 38.5 Å². The lowest BCUT2D eigenvalue weighted by atomic mass is 9.90. The largest absolute Gasteiger partial charge is 0.493 e. The van der Waals surface area contributed by atoms with E-state index in [0.29, 0.717) is 66.8 Å².